The summed E-state index contributed by atoms with van der Waals surface area (Å²) in [7, 11) is 1.61. The minimum atomic E-state index is -0.165. The van der Waals surface area contributed by atoms with Crippen LogP contribution in [0.5, 0.6) is 17.2 Å². The zero-order valence-corrected chi connectivity index (χ0v) is 16.6. The van der Waals surface area contributed by atoms with Crippen LogP contribution in [0, 0.1) is 0 Å². The van der Waals surface area contributed by atoms with Gasteiger partial charge < -0.3 is 19.9 Å². The number of carbonyl (C=O) groups is 1. The van der Waals surface area contributed by atoms with Crippen molar-refractivity contribution in [2.45, 2.75) is 32.6 Å². The summed E-state index contributed by atoms with van der Waals surface area (Å²) >= 11 is 0. The molecule has 0 spiro atoms. The van der Waals surface area contributed by atoms with E-state index in [4.69, 9.17) is 9.47 Å². The standard InChI is InChI=1S/C23H29NO4/c1-3-4-5-15-28-22-17-19(9-11-21(22)27-2)10-12-23(26)24-14-13-18-7-6-8-20(25)16-18/h6-12,16-17,25H,3-5,13-15H2,1-2H3,(H,24,26). The Balaban J connectivity index is 1.86. The summed E-state index contributed by atoms with van der Waals surface area (Å²) in [5.41, 5.74) is 1.85. The number of phenols is 1. The summed E-state index contributed by atoms with van der Waals surface area (Å²) in [6.45, 7) is 3.30. The molecular formula is C23H29NO4. The predicted molar refractivity (Wildman–Crippen MR) is 112 cm³/mol. The minimum Gasteiger partial charge on any atom is -0.508 e. The molecule has 28 heavy (non-hydrogen) atoms. The fourth-order valence-electron chi connectivity index (χ4n) is 2.72. The van der Waals surface area contributed by atoms with E-state index in [2.05, 4.69) is 12.2 Å². The Labute approximate surface area is 167 Å². The Hall–Kier alpha value is -2.95. The van der Waals surface area contributed by atoms with E-state index < -0.39 is 0 Å². The van der Waals surface area contributed by atoms with Crippen LogP contribution in [0.4, 0.5) is 0 Å². The lowest BCUT2D eigenvalue weighted by molar-refractivity contribution is -0.116. The molecule has 0 bridgehead atoms. The van der Waals surface area contributed by atoms with Crippen LogP contribution in [0.15, 0.2) is 48.5 Å². The molecule has 0 fully saturated rings. The molecule has 2 N–H and O–H groups in total. The highest BCUT2D eigenvalue weighted by Crippen LogP contribution is 2.28. The molecule has 0 aromatic heterocycles. The summed E-state index contributed by atoms with van der Waals surface area (Å²) in [6.07, 6.45) is 7.19. The number of carbonyl (C=O) groups excluding carboxylic acids is 1. The maximum absolute atomic E-state index is 12.0. The first kappa shape index (κ1) is 21.4. The third kappa shape index (κ3) is 7.35. The van der Waals surface area contributed by atoms with Crippen molar-refractivity contribution in [2.24, 2.45) is 0 Å². The van der Waals surface area contributed by atoms with Crippen molar-refractivity contribution in [1.82, 2.24) is 5.32 Å². The zero-order valence-electron chi connectivity index (χ0n) is 16.6. The highest BCUT2D eigenvalue weighted by atomic mass is 16.5. The van der Waals surface area contributed by atoms with Gasteiger partial charge in [-0.25, -0.2) is 0 Å². The summed E-state index contributed by atoms with van der Waals surface area (Å²) in [5.74, 6) is 1.44. The van der Waals surface area contributed by atoms with Gasteiger partial charge in [-0.1, -0.05) is 38.0 Å². The number of rotatable bonds is 11. The fourth-order valence-corrected chi connectivity index (χ4v) is 2.72. The topological polar surface area (TPSA) is 67.8 Å². The van der Waals surface area contributed by atoms with E-state index in [1.54, 1.807) is 31.4 Å². The van der Waals surface area contributed by atoms with E-state index in [1.165, 1.54) is 6.08 Å². The van der Waals surface area contributed by atoms with E-state index in [9.17, 15) is 9.90 Å². The molecule has 0 saturated carbocycles. The fraction of sp³-hybridized carbons (Fsp3) is 0.348. The minimum absolute atomic E-state index is 0.165. The van der Waals surface area contributed by atoms with Crippen LogP contribution < -0.4 is 14.8 Å². The van der Waals surface area contributed by atoms with Crippen LogP contribution >= 0.6 is 0 Å². The molecule has 2 rings (SSSR count). The summed E-state index contributed by atoms with van der Waals surface area (Å²) in [6, 6.07) is 12.6. The number of hydrogen-bond acceptors (Lipinski definition) is 4. The number of aromatic hydroxyl groups is 1. The monoisotopic (exact) mass is 383 g/mol. The lowest BCUT2D eigenvalue weighted by Crippen LogP contribution is -2.23. The lowest BCUT2D eigenvalue weighted by Gasteiger charge is -2.11. The molecule has 2 aromatic carbocycles. The SMILES string of the molecule is CCCCCOc1cc(C=CC(=O)NCCc2cccc(O)c2)ccc1OC. The Bertz CT molecular complexity index is 786. The molecule has 0 radical (unpaired) electrons. The number of phenolic OH excluding ortho intramolecular Hbond substituents is 1. The van der Waals surface area contributed by atoms with Crippen molar-refractivity contribution in [3.05, 3.63) is 59.7 Å². The number of nitrogens with one attached hydrogen (secondary N) is 1. The maximum Gasteiger partial charge on any atom is 0.244 e. The van der Waals surface area contributed by atoms with Crippen LogP contribution in [0.3, 0.4) is 0 Å². The number of benzene rings is 2. The molecule has 2 aromatic rings. The smallest absolute Gasteiger partial charge is 0.244 e. The van der Waals surface area contributed by atoms with Crippen LogP contribution in [0.1, 0.15) is 37.3 Å². The highest BCUT2D eigenvalue weighted by Gasteiger charge is 2.05. The number of amides is 1. The molecule has 1 amide bonds. The second-order valence-corrected chi connectivity index (χ2v) is 6.51. The Morgan fingerprint density at radius 2 is 2.00 bits per heavy atom. The van der Waals surface area contributed by atoms with Crippen molar-refractivity contribution in [2.75, 3.05) is 20.3 Å². The summed E-state index contributed by atoms with van der Waals surface area (Å²) in [4.78, 5) is 12.0. The van der Waals surface area contributed by atoms with Gasteiger partial charge in [0, 0.05) is 12.6 Å². The molecule has 150 valence electrons. The normalized spacial score (nSPS) is 10.8. The molecule has 0 unspecified atom stereocenters. The maximum atomic E-state index is 12.0. The predicted octanol–water partition coefficient (Wildman–Crippen LogP) is 4.34. The van der Waals surface area contributed by atoms with Crippen molar-refractivity contribution in [3.63, 3.8) is 0 Å². The van der Waals surface area contributed by atoms with Gasteiger partial charge >= 0.3 is 0 Å². The van der Waals surface area contributed by atoms with Gasteiger partial charge in [-0.3, -0.25) is 4.79 Å². The van der Waals surface area contributed by atoms with Gasteiger partial charge in [-0.15, -0.1) is 0 Å². The van der Waals surface area contributed by atoms with Gasteiger partial charge in [0.1, 0.15) is 5.75 Å². The molecule has 0 atom stereocenters. The third-order valence-corrected chi connectivity index (χ3v) is 4.24. The molecule has 0 saturated heterocycles. The van der Waals surface area contributed by atoms with Gasteiger partial charge in [-0.2, -0.15) is 0 Å². The van der Waals surface area contributed by atoms with Crippen LogP contribution in [-0.4, -0.2) is 31.3 Å². The molecule has 5 heteroatoms. The molecule has 5 nitrogen and oxygen atoms in total. The van der Waals surface area contributed by atoms with Gasteiger partial charge in [0.2, 0.25) is 5.91 Å². The van der Waals surface area contributed by atoms with E-state index in [0.29, 0.717) is 31.1 Å². The lowest BCUT2D eigenvalue weighted by atomic mass is 10.1. The second kappa shape index (κ2) is 11.7. The number of hydrogen-bond donors (Lipinski definition) is 2. The first-order valence-corrected chi connectivity index (χ1v) is 9.67. The average Bonchev–Trinajstić information content (AvgIpc) is 2.70. The van der Waals surface area contributed by atoms with E-state index in [-0.39, 0.29) is 11.7 Å². The molecule has 0 aliphatic rings. The van der Waals surface area contributed by atoms with Gasteiger partial charge in [0.15, 0.2) is 11.5 Å². The largest absolute Gasteiger partial charge is 0.508 e. The second-order valence-electron chi connectivity index (χ2n) is 6.51. The molecule has 0 aliphatic carbocycles. The molecule has 0 heterocycles. The molecule has 0 aliphatic heterocycles. The van der Waals surface area contributed by atoms with Crippen molar-refractivity contribution < 1.29 is 19.4 Å². The zero-order chi connectivity index (χ0) is 20.2. The molecular weight excluding hydrogens is 354 g/mol. The highest BCUT2D eigenvalue weighted by molar-refractivity contribution is 5.91. The van der Waals surface area contributed by atoms with Crippen LogP contribution in [-0.2, 0) is 11.2 Å². The van der Waals surface area contributed by atoms with E-state index in [1.807, 2.05) is 24.3 Å². The Morgan fingerprint density at radius 3 is 2.75 bits per heavy atom. The van der Waals surface area contributed by atoms with E-state index in [0.717, 1.165) is 30.4 Å². The van der Waals surface area contributed by atoms with E-state index >= 15 is 0 Å². The van der Waals surface area contributed by atoms with Gasteiger partial charge in [0.05, 0.1) is 13.7 Å². The first-order valence-electron chi connectivity index (χ1n) is 9.67. The summed E-state index contributed by atoms with van der Waals surface area (Å²) in [5, 5.41) is 12.3. The first-order chi connectivity index (χ1) is 13.6. The summed E-state index contributed by atoms with van der Waals surface area (Å²) < 4.78 is 11.2. The van der Waals surface area contributed by atoms with Crippen LogP contribution in [0.25, 0.3) is 6.08 Å². The third-order valence-electron chi connectivity index (χ3n) is 4.24. The Morgan fingerprint density at radius 1 is 1.14 bits per heavy atom. The van der Waals surface area contributed by atoms with Crippen molar-refractivity contribution >= 4 is 12.0 Å². The Kier molecular flexibility index (Phi) is 8.92. The van der Waals surface area contributed by atoms with Gasteiger partial charge in [0.25, 0.3) is 0 Å². The number of ether oxygens (including phenoxy) is 2. The van der Waals surface area contributed by atoms with Gasteiger partial charge in [-0.05, 0) is 54.3 Å². The number of unbranched alkanes of at least 4 members (excludes halogenated alkanes) is 2. The quantitative estimate of drug-likeness (QED) is 0.447. The average molecular weight is 383 g/mol. The van der Waals surface area contributed by atoms with Crippen molar-refractivity contribution in [1.29, 1.82) is 0 Å². The van der Waals surface area contributed by atoms with Crippen LogP contribution in [0.2, 0.25) is 0 Å². The van der Waals surface area contributed by atoms with Crippen molar-refractivity contribution in [3.8, 4) is 17.2 Å². The number of methoxy groups -OCH3 is 1.